The number of benzene rings is 3. The van der Waals surface area contributed by atoms with Crippen LogP contribution in [0.5, 0.6) is 5.75 Å². The first kappa shape index (κ1) is 28.6. The molecule has 0 aromatic heterocycles. The van der Waals surface area contributed by atoms with E-state index in [1.54, 1.807) is 6.92 Å². The van der Waals surface area contributed by atoms with E-state index >= 15 is 0 Å². The SMILES string of the molecule is CCOc1ccc(S(=O)(=O)N(CC(=O)N(Cc2ccccc2C)C(C)C(=O)NC)c2ccc(F)cc2)cc1. The maximum absolute atomic E-state index is 13.8. The molecule has 0 spiro atoms. The lowest BCUT2D eigenvalue weighted by molar-refractivity contribution is -0.139. The van der Waals surface area contributed by atoms with Crippen LogP contribution in [0.25, 0.3) is 0 Å². The Labute approximate surface area is 223 Å². The fourth-order valence-electron chi connectivity index (χ4n) is 3.90. The second kappa shape index (κ2) is 12.6. The zero-order valence-corrected chi connectivity index (χ0v) is 22.7. The van der Waals surface area contributed by atoms with Gasteiger partial charge in [-0.3, -0.25) is 13.9 Å². The van der Waals surface area contributed by atoms with E-state index in [9.17, 15) is 22.4 Å². The number of amides is 2. The standard InChI is InChI=1S/C28H32FN3O5S/c1-5-37-25-14-16-26(17-15-25)38(35,36)32(24-12-10-23(29)11-13-24)19-27(33)31(21(3)28(34)30-4)18-22-9-7-6-8-20(22)2/h6-17,21H,5,18-19H2,1-4H3,(H,30,34). The molecule has 1 atom stereocenters. The van der Waals surface area contributed by atoms with Gasteiger partial charge in [0.2, 0.25) is 11.8 Å². The Morgan fingerprint density at radius 2 is 1.63 bits per heavy atom. The number of likely N-dealkylation sites (N-methyl/N-ethyl adjacent to an activating group) is 1. The summed E-state index contributed by atoms with van der Waals surface area (Å²) >= 11 is 0. The Bertz CT molecular complexity index is 1360. The van der Waals surface area contributed by atoms with Crippen LogP contribution in [0.1, 0.15) is 25.0 Å². The number of sulfonamides is 1. The van der Waals surface area contributed by atoms with Gasteiger partial charge < -0.3 is 15.0 Å². The van der Waals surface area contributed by atoms with E-state index < -0.39 is 40.2 Å². The van der Waals surface area contributed by atoms with Crippen LogP contribution in [0, 0.1) is 12.7 Å². The van der Waals surface area contributed by atoms with Crippen LogP contribution in [-0.4, -0.2) is 51.4 Å². The highest BCUT2D eigenvalue weighted by Crippen LogP contribution is 2.26. The van der Waals surface area contributed by atoms with Crippen LogP contribution in [-0.2, 0) is 26.2 Å². The predicted molar refractivity (Wildman–Crippen MR) is 144 cm³/mol. The Morgan fingerprint density at radius 3 is 2.21 bits per heavy atom. The van der Waals surface area contributed by atoms with Crippen molar-refractivity contribution in [3.8, 4) is 5.75 Å². The zero-order valence-electron chi connectivity index (χ0n) is 21.8. The summed E-state index contributed by atoms with van der Waals surface area (Å²) in [7, 11) is -2.78. The topological polar surface area (TPSA) is 96.0 Å². The highest BCUT2D eigenvalue weighted by molar-refractivity contribution is 7.92. The third-order valence-corrected chi connectivity index (χ3v) is 7.92. The lowest BCUT2D eigenvalue weighted by Crippen LogP contribution is -2.50. The number of hydrogen-bond acceptors (Lipinski definition) is 5. The third kappa shape index (κ3) is 6.69. The number of carbonyl (C=O) groups excluding carboxylic acids is 2. The van der Waals surface area contributed by atoms with E-state index in [4.69, 9.17) is 4.74 Å². The quantitative estimate of drug-likeness (QED) is 0.397. The Kier molecular flexibility index (Phi) is 9.46. The molecule has 3 aromatic rings. The molecule has 38 heavy (non-hydrogen) atoms. The molecule has 0 aliphatic rings. The first-order valence-corrected chi connectivity index (χ1v) is 13.6. The van der Waals surface area contributed by atoms with E-state index in [0.717, 1.165) is 27.6 Å². The molecule has 2 amide bonds. The first-order valence-electron chi connectivity index (χ1n) is 12.1. The Hall–Kier alpha value is -3.92. The van der Waals surface area contributed by atoms with Gasteiger partial charge in [-0.25, -0.2) is 12.8 Å². The van der Waals surface area contributed by atoms with Crippen molar-refractivity contribution in [2.75, 3.05) is 24.5 Å². The molecule has 0 bridgehead atoms. The summed E-state index contributed by atoms with van der Waals surface area (Å²) in [5.41, 5.74) is 1.85. The molecule has 0 heterocycles. The van der Waals surface area contributed by atoms with Crippen molar-refractivity contribution in [1.82, 2.24) is 10.2 Å². The number of nitrogens with one attached hydrogen (secondary N) is 1. The van der Waals surface area contributed by atoms with Crippen molar-refractivity contribution in [1.29, 1.82) is 0 Å². The monoisotopic (exact) mass is 541 g/mol. The number of ether oxygens (including phenoxy) is 1. The molecule has 0 aliphatic heterocycles. The normalized spacial score (nSPS) is 11.9. The van der Waals surface area contributed by atoms with E-state index in [0.29, 0.717) is 12.4 Å². The largest absolute Gasteiger partial charge is 0.494 e. The van der Waals surface area contributed by atoms with Crippen LogP contribution in [0.15, 0.2) is 77.7 Å². The van der Waals surface area contributed by atoms with Crippen LogP contribution in [0.2, 0.25) is 0 Å². The molecule has 1 N–H and O–H groups in total. The molecule has 8 nitrogen and oxygen atoms in total. The summed E-state index contributed by atoms with van der Waals surface area (Å²) in [6.07, 6.45) is 0. The van der Waals surface area contributed by atoms with E-state index in [2.05, 4.69) is 5.32 Å². The number of carbonyl (C=O) groups is 2. The number of halogens is 1. The summed E-state index contributed by atoms with van der Waals surface area (Å²) in [5.74, 6) is -1.04. The molecule has 10 heteroatoms. The number of nitrogens with zero attached hydrogens (tertiary/aromatic N) is 2. The van der Waals surface area contributed by atoms with Gasteiger partial charge in [0.15, 0.2) is 0 Å². The number of aryl methyl sites for hydroxylation is 1. The lowest BCUT2D eigenvalue weighted by Gasteiger charge is -2.32. The smallest absolute Gasteiger partial charge is 0.264 e. The highest BCUT2D eigenvalue weighted by Gasteiger charge is 2.32. The minimum absolute atomic E-state index is 0.0668. The van der Waals surface area contributed by atoms with Crippen molar-refractivity contribution < 1.29 is 27.1 Å². The van der Waals surface area contributed by atoms with Crippen LogP contribution < -0.4 is 14.4 Å². The van der Waals surface area contributed by atoms with Crippen molar-refractivity contribution in [2.45, 2.75) is 38.3 Å². The molecule has 3 rings (SSSR count). The summed E-state index contributed by atoms with van der Waals surface area (Å²) in [6, 6.07) is 17.2. The molecule has 0 radical (unpaired) electrons. The van der Waals surface area contributed by atoms with Gasteiger partial charge in [-0.15, -0.1) is 0 Å². The number of anilines is 1. The summed E-state index contributed by atoms with van der Waals surface area (Å²) < 4.78 is 47.5. The zero-order chi connectivity index (χ0) is 27.9. The fraction of sp³-hybridized carbons (Fsp3) is 0.286. The van der Waals surface area contributed by atoms with Gasteiger partial charge in [-0.1, -0.05) is 24.3 Å². The Balaban J connectivity index is 2.02. The maximum atomic E-state index is 13.8. The molecule has 0 saturated carbocycles. The Morgan fingerprint density at radius 1 is 1.00 bits per heavy atom. The second-order valence-corrected chi connectivity index (χ2v) is 10.5. The number of hydrogen-bond donors (Lipinski definition) is 1. The average molecular weight is 542 g/mol. The van der Waals surface area contributed by atoms with E-state index in [1.807, 2.05) is 38.1 Å². The van der Waals surface area contributed by atoms with Crippen LogP contribution in [0.3, 0.4) is 0 Å². The first-order chi connectivity index (χ1) is 18.1. The fourth-order valence-corrected chi connectivity index (χ4v) is 5.31. The van der Waals surface area contributed by atoms with Gasteiger partial charge in [-0.05, 0) is 80.4 Å². The molecule has 1 unspecified atom stereocenters. The van der Waals surface area contributed by atoms with E-state index in [-0.39, 0.29) is 17.1 Å². The average Bonchev–Trinajstić information content (AvgIpc) is 2.91. The van der Waals surface area contributed by atoms with Gasteiger partial charge >= 0.3 is 0 Å². The second-order valence-electron chi connectivity index (χ2n) is 8.63. The maximum Gasteiger partial charge on any atom is 0.264 e. The minimum atomic E-state index is -4.25. The molecule has 202 valence electrons. The molecular weight excluding hydrogens is 509 g/mol. The van der Waals surface area contributed by atoms with Crippen molar-refractivity contribution in [2.24, 2.45) is 0 Å². The van der Waals surface area contributed by atoms with Gasteiger partial charge in [-0.2, -0.15) is 0 Å². The van der Waals surface area contributed by atoms with Gasteiger partial charge in [0.25, 0.3) is 10.0 Å². The lowest BCUT2D eigenvalue weighted by atomic mass is 10.1. The molecule has 0 fully saturated rings. The van der Waals surface area contributed by atoms with E-state index in [1.165, 1.54) is 48.3 Å². The minimum Gasteiger partial charge on any atom is -0.494 e. The summed E-state index contributed by atoms with van der Waals surface area (Å²) in [6.45, 7) is 5.20. The molecule has 3 aromatic carbocycles. The third-order valence-electron chi connectivity index (χ3n) is 6.13. The van der Waals surface area contributed by atoms with Crippen molar-refractivity contribution in [3.63, 3.8) is 0 Å². The molecule has 0 aliphatic carbocycles. The molecular formula is C28H32FN3O5S. The molecule has 0 saturated heterocycles. The highest BCUT2D eigenvalue weighted by atomic mass is 32.2. The van der Waals surface area contributed by atoms with Crippen molar-refractivity contribution >= 4 is 27.5 Å². The number of rotatable bonds is 11. The van der Waals surface area contributed by atoms with Gasteiger partial charge in [0.05, 0.1) is 17.2 Å². The summed E-state index contributed by atoms with van der Waals surface area (Å²) in [5, 5.41) is 2.55. The summed E-state index contributed by atoms with van der Waals surface area (Å²) in [4.78, 5) is 27.5. The predicted octanol–water partition coefficient (Wildman–Crippen LogP) is 3.89. The van der Waals surface area contributed by atoms with Gasteiger partial charge in [0, 0.05) is 13.6 Å². The van der Waals surface area contributed by atoms with Gasteiger partial charge in [0.1, 0.15) is 24.2 Å². The van der Waals surface area contributed by atoms with Crippen LogP contribution >= 0.6 is 0 Å². The van der Waals surface area contributed by atoms with Crippen LogP contribution in [0.4, 0.5) is 10.1 Å². The van der Waals surface area contributed by atoms with Crippen molar-refractivity contribution in [3.05, 3.63) is 89.7 Å².